The van der Waals surface area contributed by atoms with Crippen molar-refractivity contribution in [2.75, 3.05) is 17.2 Å². The van der Waals surface area contributed by atoms with Gasteiger partial charge in [0.15, 0.2) is 0 Å². The van der Waals surface area contributed by atoms with Crippen molar-refractivity contribution in [3.63, 3.8) is 0 Å². The standard InChI is InChI=1S/C45H31N5/c1-4-32-5-2-24-46-43(32)37(7-1)40-23-19-31-13-17-36(27-42(31)49-40)39-21-18-30-12-16-35(26-41(30)48-39)28-8-10-29(11-9-28)38-22-20-34-15-14-33-6-3-25-47-44(33)45(34)50-38/h1-24,26-27,40,47,49H,25H2. The maximum Gasteiger partial charge on any atom is 0.0947 e. The van der Waals surface area contributed by atoms with Gasteiger partial charge in [0.25, 0.3) is 0 Å². The number of rotatable bonds is 4. The lowest BCUT2D eigenvalue weighted by molar-refractivity contribution is 0.985. The molecule has 2 aliphatic heterocycles. The van der Waals surface area contributed by atoms with Crippen LogP contribution in [0.4, 0.5) is 11.4 Å². The van der Waals surface area contributed by atoms with E-state index < -0.39 is 0 Å². The molecule has 3 aromatic heterocycles. The van der Waals surface area contributed by atoms with E-state index in [9.17, 15) is 0 Å². The van der Waals surface area contributed by atoms with Gasteiger partial charge in [-0.2, -0.15) is 0 Å². The monoisotopic (exact) mass is 641 g/mol. The molecule has 0 bridgehead atoms. The molecule has 5 heteroatoms. The average molecular weight is 642 g/mol. The number of benzene rings is 5. The zero-order valence-electron chi connectivity index (χ0n) is 27.1. The van der Waals surface area contributed by atoms with Gasteiger partial charge < -0.3 is 10.6 Å². The summed E-state index contributed by atoms with van der Waals surface area (Å²) in [6.07, 6.45) is 10.6. The molecule has 1 atom stereocenters. The SMILES string of the molecule is C1=Cc2ccc3ccc(-c4ccc(-c5ccc6ccc(-c7ccc8c(c7)NC(c7cccc9cccnc79)C=C8)nc6c5)cc4)nc3c2NC1. The predicted octanol–water partition coefficient (Wildman–Crippen LogP) is 11.0. The third kappa shape index (κ3) is 4.91. The summed E-state index contributed by atoms with van der Waals surface area (Å²) < 4.78 is 0. The van der Waals surface area contributed by atoms with Crippen molar-refractivity contribution in [2.24, 2.45) is 0 Å². The van der Waals surface area contributed by atoms with E-state index in [1.54, 1.807) is 0 Å². The molecule has 0 fully saturated rings. The molecule has 0 aliphatic carbocycles. The molecule has 10 rings (SSSR count). The highest BCUT2D eigenvalue weighted by Crippen LogP contribution is 2.36. The minimum atomic E-state index is 0.0339. The Hall–Kier alpha value is -6.59. The number of pyridine rings is 3. The lowest BCUT2D eigenvalue weighted by Gasteiger charge is -2.24. The Kier molecular flexibility index (Phi) is 6.56. The number of anilines is 2. The smallest absolute Gasteiger partial charge is 0.0947 e. The Morgan fingerprint density at radius 2 is 1.30 bits per heavy atom. The second-order valence-electron chi connectivity index (χ2n) is 13.0. The fraction of sp³-hybridized carbons (Fsp3) is 0.0444. The lowest BCUT2D eigenvalue weighted by Crippen LogP contribution is -2.13. The first-order valence-electron chi connectivity index (χ1n) is 17.0. The molecule has 0 radical (unpaired) electrons. The zero-order chi connectivity index (χ0) is 33.0. The van der Waals surface area contributed by atoms with Crippen molar-refractivity contribution in [3.8, 4) is 33.6 Å². The van der Waals surface area contributed by atoms with Crippen LogP contribution in [-0.2, 0) is 0 Å². The molecular formula is C45H31N5. The molecule has 0 spiro atoms. The summed E-state index contributed by atoms with van der Waals surface area (Å²) >= 11 is 0. The van der Waals surface area contributed by atoms with E-state index in [4.69, 9.17) is 9.97 Å². The van der Waals surface area contributed by atoms with Crippen LogP contribution in [0.3, 0.4) is 0 Å². The highest BCUT2D eigenvalue weighted by atomic mass is 14.9. The van der Waals surface area contributed by atoms with Crippen LogP contribution >= 0.6 is 0 Å². The van der Waals surface area contributed by atoms with E-state index in [1.807, 2.05) is 12.3 Å². The Labute approximate surface area is 289 Å². The maximum absolute atomic E-state index is 5.15. The van der Waals surface area contributed by atoms with Gasteiger partial charge in [-0.15, -0.1) is 0 Å². The maximum atomic E-state index is 5.15. The summed E-state index contributed by atoms with van der Waals surface area (Å²) in [7, 11) is 0. The largest absolute Gasteiger partial charge is 0.379 e. The molecule has 8 aromatic rings. The van der Waals surface area contributed by atoms with Crippen molar-refractivity contribution in [2.45, 2.75) is 6.04 Å². The number of fused-ring (bicyclic) bond motifs is 6. The van der Waals surface area contributed by atoms with Crippen LogP contribution in [0.5, 0.6) is 0 Å². The molecule has 50 heavy (non-hydrogen) atoms. The van der Waals surface area contributed by atoms with Gasteiger partial charge in [-0.25, -0.2) is 9.97 Å². The molecule has 5 nitrogen and oxygen atoms in total. The quantitative estimate of drug-likeness (QED) is 0.200. The number of hydrogen-bond donors (Lipinski definition) is 2. The number of aromatic nitrogens is 3. The summed E-state index contributed by atoms with van der Waals surface area (Å²) in [6, 6.07) is 45.1. The van der Waals surface area contributed by atoms with E-state index in [0.717, 1.165) is 89.8 Å². The topological polar surface area (TPSA) is 62.7 Å². The van der Waals surface area contributed by atoms with Gasteiger partial charge in [-0.1, -0.05) is 121 Å². The molecule has 0 amide bonds. The Morgan fingerprint density at radius 3 is 2.24 bits per heavy atom. The van der Waals surface area contributed by atoms with E-state index in [1.165, 1.54) is 11.1 Å². The molecule has 1 unspecified atom stereocenters. The number of nitrogens with zero attached hydrogens (tertiary/aromatic N) is 3. The van der Waals surface area contributed by atoms with Crippen LogP contribution in [0.2, 0.25) is 0 Å². The van der Waals surface area contributed by atoms with Gasteiger partial charge in [0.05, 0.1) is 39.7 Å². The van der Waals surface area contributed by atoms with Crippen molar-refractivity contribution in [3.05, 3.63) is 162 Å². The summed E-state index contributed by atoms with van der Waals surface area (Å²) in [5.74, 6) is 0. The van der Waals surface area contributed by atoms with Crippen molar-refractivity contribution >= 4 is 56.2 Å². The van der Waals surface area contributed by atoms with Gasteiger partial charge in [-0.05, 0) is 52.6 Å². The molecule has 2 aliphatic rings. The van der Waals surface area contributed by atoms with Crippen LogP contribution in [0.15, 0.2) is 146 Å². The normalized spacial score (nSPS) is 14.7. The highest BCUT2D eigenvalue weighted by Gasteiger charge is 2.18. The molecular weight excluding hydrogens is 611 g/mol. The van der Waals surface area contributed by atoms with Crippen LogP contribution in [0.25, 0.3) is 78.5 Å². The molecule has 5 heterocycles. The highest BCUT2D eigenvalue weighted by molar-refractivity contribution is 5.97. The summed E-state index contributed by atoms with van der Waals surface area (Å²) in [5, 5.41) is 10.7. The molecule has 0 saturated carbocycles. The summed E-state index contributed by atoms with van der Waals surface area (Å²) in [6.45, 7) is 0.821. The Balaban J connectivity index is 0.938. The van der Waals surface area contributed by atoms with Gasteiger partial charge in [0.1, 0.15) is 0 Å². The second-order valence-corrected chi connectivity index (χ2v) is 13.0. The number of nitrogens with one attached hydrogen (secondary N) is 2. The van der Waals surface area contributed by atoms with Crippen LogP contribution in [0, 0.1) is 0 Å². The Bertz CT molecular complexity index is 2680. The van der Waals surface area contributed by atoms with Crippen molar-refractivity contribution < 1.29 is 0 Å². The first-order chi connectivity index (χ1) is 24.7. The second kappa shape index (κ2) is 11.5. The molecule has 236 valence electrons. The average Bonchev–Trinajstić information content (AvgIpc) is 3.19. The summed E-state index contributed by atoms with van der Waals surface area (Å²) in [5.41, 5.74) is 15.1. The fourth-order valence-electron chi connectivity index (χ4n) is 7.29. The van der Waals surface area contributed by atoms with E-state index in [0.29, 0.717) is 0 Å². The Morgan fingerprint density at radius 1 is 0.560 bits per heavy atom. The van der Waals surface area contributed by atoms with Gasteiger partial charge in [0.2, 0.25) is 0 Å². The van der Waals surface area contributed by atoms with Gasteiger partial charge in [-0.3, -0.25) is 4.98 Å². The lowest BCUT2D eigenvalue weighted by atomic mass is 9.96. The van der Waals surface area contributed by atoms with Crippen molar-refractivity contribution in [1.29, 1.82) is 0 Å². The van der Waals surface area contributed by atoms with E-state index in [-0.39, 0.29) is 6.04 Å². The predicted molar refractivity (Wildman–Crippen MR) is 208 cm³/mol. The number of para-hydroxylation sites is 1. The van der Waals surface area contributed by atoms with Crippen molar-refractivity contribution in [1.82, 2.24) is 15.0 Å². The molecule has 5 aromatic carbocycles. The van der Waals surface area contributed by atoms with Crippen LogP contribution in [-0.4, -0.2) is 21.5 Å². The third-order valence-electron chi connectivity index (χ3n) is 9.92. The van der Waals surface area contributed by atoms with Crippen LogP contribution < -0.4 is 10.6 Å². The zero-order valence-corrected chi connectivity index (χ0v) is 27.1. The van der Waals surface area contributed by atoms with Gasteiger partial charge >= 0.3 is 0 Å². The number of hydrogen-bond acceptors (Lipinski definition) is 5. The minimum Gasteiger partial charge on any atom is -0.379 e. The first kappa shape index (κ1) is 28.4. The van der Waals surface area contributed by atoms with E-state index >= 15 is 0 Å². The summed E-state index contributed by atoms with van der Waals surface area (Å²) in [4.78, 5) is 14.9. The van der Waals surface area contributed by atoms with Gasteiger partial charge in [0, 0.05) is 51.3 Å². The molecule has 2 N–H and O–H groups in total. The first-order valence-corrected chi connectivity index (χ1v) is 17.0. The van der Waals surface area contributed by atoms with E-state index in [2.05, 4.69) is 161 Å². The fourth-order valence-corrected chi connectivity index (χ4v) is 7.29. The minimum absolute atomic E-state index is 0.0339. The molecule has 0 saturated heterocycles. The van der Waals surface area contributed by atoms with Crippen LogP contribution in [0.1, 0.15) is 22.7 Å². The third-order valence-corrected chi connectivity index (χ3v) is 9.92.